The summed E-state index contributed by atoms with van der Waals surface area (Å²) in [7, 11) is 0. The van der Waals surface area contributed by atoms with Crippen molar-refractivity contribution < 1.29 is 14.0 Å². The topological polar surface area (TPSA) is 58.2 Å². The Morgan fingerprint density at radius 3 is 2.37 bits per heavy atom. The van der Waals surface area contributed by atoms with Crippen LogP contribution in [0.3, 0.4) is 0 Å². The molecule has 0 saturated heterocycles. The number of rotatable bonds is 8. The molecule has 0 aromatic heterocycles. The predicted molar refractivity (Wildman–Crippen MR) is 111 cm³/mol. The van der Waals surface area contributed by atoms with E-state index in [1.54, 1.807) is 19.1 Å². The maximum Gasteiger partial charge on any atom is 0.237 e. The normalized spacial score (nSPS) is 11.7. The Hall–Kier alpha value is -2.34. The Morgan fingerprint density at radius 1 is 1.04 bits per heavy atom. The third kappa shape index (κ3) is 6.40. The van der Waals surface area contributed by atoms with Crippen LogP contribution in [0.2, 0.25) is 0 Å². The highest BCUT2D eigenvalue weighted by Gasteiger charge is 2.15. The van der Waals surface area contributed by atoms with Crippen LogP contribution in [0.15, 0.2) is 42.5 Å². The second-order valence-electron chi connectivity index (χ2n) is 6.40. The zero-order valence-corrected chi connectivity index (χ0v) is 16.7. The minimum Gasteiger partial charge on any atom is -0.326 e. The number of hydrogen-bond donors (Lipinski definition) is 2. The fourth-order valence-corrected chi connectivity index (χ4v) is 3.45. The number of benzene rings is 2. The number of amides is 2. The van der Waals surface area contributed by atoms with Crippen molar-refractivity contribution in [2.24, 2.45) is 0 Å². The average molecular weight is 389 g/mol. The number of aryl methyl sites for hydroxylation is 2. The molecule has 0 aliphatic carbocycles. The lowest BCUT2D eigenvalue weighted by atomic mass is 10.1. The number of anilines is 2. The Balaban J connectivity index is 1.72. The van der Waals surface area contributed by atoms with Crippen molar-refractivity contribution in [3.05, 3.63) is 59.4 Å². The maximum atomic E-state index is 13.6. The molecule has 0 bridgehead atoms. The number of carbonyl (C=O) groups is 2. The lowest BCUT2D eigenvalue weighted by Crippen LogP contribution is -2.23. The predicted octanol–water partition coefficient (Wildman–Crippen LogP) is 4.92. The van der Waals surface area contributed by atoms with Crippen LogP contribution in [-0.4, -0.2) is 22.8 Å². The van der Waals surface area contributed by atoms with Crippen LogP contribution in [-0.2, 0) is 9.59 Å². The monoisotopic (exact) mass is 388 g/mol. The van der Waals surface area contributed by atoms with Gasteiger partial charge in [-0.2, -0.15) is 0 Å². The molecule has 2 aromatic carbocycles. The van der Waals surface area contributed by atoms with Crippen molar-refractivity contribution in [1.82, 2.24) is 0 Å². The second-order valence-corrected chi connectivity index (χ2v) is 7.85. The standard InChI is InChI=1S/C21H25FN2O2S/c1-14-8-6-9-15(2)20(14)24-19(25)12-7-13-27-16(3)21(26)23-18-11-5-4-10-17(18)22/h4-6,8-11,16H,7,12-13H2,1-3H3,(H,23,26)(H,24,25). The minimum atomic E-state index is -0.453. The van der Waals surface area contributed by atoms with E-state index in [-0.39, 0.29) is 22.8 Å². The molecule has 2 N–H and O–H groups in total. The van der Waals surface area contributed by atoms with Crippen LogP contribution in [0.1, 0.15) is 30.9 Å². The van der Waals surface area contributed by atoms with Gasteiger partial charge in [0.05, 0.1) is 10.9 Å². The molecule has 2 amide bonds. The van der Waals surface area contributed by atoms with Gasteiger partial charge >= 0.3 is 0 Å². The van der Waals surface area contributed by atoms with Gasteiger partial charge in [-0.1, -0.05) is 30.3 Å². The third-order valence-corrected chi connectivity index (χ3v) is 5.40. The van der Waals surface area contributed by atoms with Crippen LogP contribution in [0, 0.1) is 19.7 Å². The molecule has 2 aromatic rings. The van der Waals surface area contributed by atoms with Gasteiger partial charge in [-0.25, -0.2) is 4.39 Å². The Morgan fingerprint density at radius 2 is 1.70 bits per heavy atom. The van der Waals surface area contributed by atoms with E-state index in [0.717, 1.165) is 16.8 Å². The summed E-state index contributed by atoms with van der Waals surface area (Å²) in [5.41, 5.74) is 3.13. The van der Waals surface area contributed by atoms with E-state index in [4.69, 9.17) is 0 Å². The van der Waals surface area contributed by atoms with Gasteiger partial charge in [-0.15, -0.1) is 11.8 Å². The lowest BCUT2D eigenvalue weighted by molar-refractivity contribution is -0.116. The van der Waals surface area contributed by atoms with Gasteiger partial charge in [0, 0.05) is 12.1 Å². The molecule has 4 nitrogen and oxygen atoms in total. The Bertz CT molecular complexity index is 790. The van der Waals surface area contributed by atoms with Crippen molar-refractivity contribution in [2.75, 3.05) is 16.4 Å². The summed E-state index contributed by atoms with van der Waals surface area (Å²) in [4.78, 5) is 24.3. The van der Waals surface area contributed by atoms with E-state index in [0.29, 0.717) is 18.6 Å². The van der Waals surface area contributed by atoms with E-state index in [1.807, 2.05) is 32.0 Å². The van der Waals surface area contributed by atoms with Crippen molar-refractivity contribution in [2.45, 2.75) is 38.9 Å². The van der Waals surface area contributed by atoms with Crippen molar-refractivity contribution in [3.63, 3.8) is 0 Å². The molecule has 0 heterocycles. The van der Waals surface area contributed by atoms with Gasteiger partial charge in [-0.05, 0) is 56.2 Å². The maximum absolute atomic E-state index is 13.6. The molecule has 0 saturated carbocycles. The minimum absolute atomic E-state index is 0.0311. The number of nitrogens with one attached hydrogen (secondary N) is 2. The molecule has 0 fully saturated rings. The first-order chi connectivity index (χ1) is 12.9. The van der Waals surface area contributed by atoms with Crippen molar-refractivity contribution >= 4 is 35.0 Å². The zero-order chi connectivity index (χ0) is 19.8. The largest absolute Gasteiger partial charge is 0.326 e. The smallest absolute Gasteiger partial charge is 0.237 e. The van der Waals surface area contributed by atoms with Crippen LogP contribution in [0.4, 0.5) is 15.8 Å². The van der Waals surface area contributed by atoms with E-state index >= 15 is 0 Å². The van der Waals surface area contributed by atoms with Gasteiger partial charge in [0.15, 0.2) is 0 Å². The van der Waals surface area contributed by atoms with Gasteiger partial charge in [0.1, 0.15) is 5.82 Å². The molecule has 27 heavy (non-hydrogen) atoms. The summed E-state index contributed by atoms with van der Waals surface area (Å²) in [6, 6.07) is 12.0. The van der Waals surface area contributed by atoms with Crippen molar-refractivity contribution in [1.29, 1.82) is 0 Å². The summed E-state index contributed by atoms with van der Waals surface area (Å²) in [5.74, 6) is -0.0563. The molecule has 6 heteroatoms. The van der Waals surface area contributed by atoms with E-state index in [2.05, 4.69) is 10.6 Å². The molecule has 1 unspecified atom stereocenters. The third-order valence-electron chi connectivity index (χ3n) is 4.16. The first-order valence-electron chi connectivity index (χ1n) is 8.91. The van der Waals surface area contributed by atoms with Crippen LogP contribution >= 0.6 is 11.8 Å². The lowest BCUT2D eigenvalue weighted by Gasteiger charge is -2.13. The van der Waals surface area contributed by atoms with Gasteiger partial charge in [0.2, 0.25) is 11.8 Å². The fourth-order valence-electron chi connectivity index (χ4n) is 2.58. The summed E-state index contributed by atoms with van der Waals surface area (Å²) in [5, 5.41) is 5.22. The highest BCUT2D eigenvalue weighted by atomic mass is 32.2. The molecule has 2 rings (SSSR count). The summed E-state index contributed by atoms with van der Waals surface area (Å²) in [6.07, 6.45) is 1.06. The number of para-hydroxylation sites is 2. The first-order valence-corrected chi connectivity index (χ1v) is 9.96. The molecular formula is C21H25FN2O2S. The average Bonchev–Trinajstić information content (AvgIpc) is 2.63. The first kappa shape index (κ1) is 21.0. The summed E-state index contributed by atoms with van der Waals surface area (Å²) >= 11 is 1.45. The van der Waals surface area contributed by atoms with Gasteiger partial charge in [-0.3, -0.25) is 9.59 Å². The molecule has 0 radical (unpaired) electrons. The highest BCUT2D eigenvalue weighted by Crippen LogP contribution is 2.21. The molecule has 1 atom stereocenters. The molecule has 0 aliphatic rings. The zero-order valence-electron chi connectivity index (χ0n) is 15.8. The highest BCUT2D eigenvalue weighted by molar-refractivity contribution is 8.00. The number of hydrogen-bond acceptors (Lipinski definition) is 3. The number of thioether (sulfide) groups is 1. The van der Waals surface area contributed by atoms with E-state index < -0.39 is 5.82 Å². The van der Waals surface area contributed by atoms with E-state index in [9.17, 15) is 14.0 Å². The van der Waals surface area contributed by atoms with E-state index in [1.165, 1.54) is 23.9 Å². The van der Waals surface area contributed by atoms with Crippen molar-refractivity contribution in [3.8, 4) is 0 Å². The van der Waals surface area contributed by atoms with Crippen LogP contribution < -0.4 is 10.6 Å². The molecule has 0 spiro atoms. The number of carbonyl (C=O) groups excluding carboxylic acids is 2. The summed E-state index contributed by atoms with van der Waals surface area (Å²) < 4.78 is 13.6. The molecule has 144 valence electrons. The molecule has 0 aliphatic heterocycles. The Labute approximate surface area is 163 Å². The van der Waals surface area contributed by atoms with Gasteiger partial charge < -0.3 is 10.6 Å². The number of halogens is 1. The Kier molecular flexibility index (Phi) is 7.85. The van der Waals surface area contributed by atoms with Crippen LogP contribution in [0.25, 0.3) is 0 Å². The molecular weight excluding hydrogens is 363 g/mol. The van der Waals surface area contributed by atoms with Gasteiger partial charge in [0.25, 0.3) is 0 Å². The second kappa shape index (κ2) is 10.1. The summed E-state index contributed by atoms with van der Waals surface area (Å²) in [6.45, 7) is 5.71. The fraction of sp³-hybridized carbons (Fsp3) is 0.333. The van der Waals surface area contributed by atoms with Crippen LogP contribution in [0.5, 0.6) is 0 Å². The quantitative estimate of drug-likeness (QED) is 0.631. The SMILES string of the molecule is Cc1cccc(C)c1NC(=O)CCCSC(C)C(=O)Nc1ccccc1F.